The topological polar surface area (TPSA) is 64.7 Å². The molecule has 0 atom stereocenters. The van der Waals surface area contributed by atoms with E-state index < -0.39 is 17.8 Å². The summed E-state index contributed by atoms with van der Waals surface area (Å²) in [6.45, 7) is 4.03. The minimum absolute atomic E-state index is 0.306. The zero-order valence-electron chi connectivity index (χ0n) is 15.0. The highest BCUT2D eigenvalue weighted by Crippen LogP contribution is 2.29. The van der Waals surface area contributed by atoms with Crippen LogP contribution in [-0.2, 0) is 19.8 Å². The van der Waals surface area contributed by atoms with Crippen LogP contribution in [0.1, 0.15) is 33.1 Å². The number of nitrogens with zero attached hydrogens (tertiary/aromatic N) is 4. The number of hydrogen-bond acceptors (Lipinski definition) is 3. The van der Waals surface area contributed by atoms with Crippen LogP contribution in [0.3, 0.4) is 0 Å². The van der Waals surface area contributed by atoms with Gasteiger partial charge in [0.15, 0.2) is 5.69 Å². The summed E-state index contributed by atoms with van der Waals surface area (Å²) in [5.41, 5.74) is 1.50. The second kappa shape index (κ2) is 6.90. The second-order valence-corrected chi connectivity index (χ2v) is 6.18. The molecule has 1 amide bonds. The predicted octanol–water partition coefficient (Wildman–Crippen LogP) is 3.55. The highest BCUT2D eigenvalue weighted by molar-refractivity contribution is 6.03. The average Bonchev–Trinajstić information content (AvgIpc) is 3.11. The molecule has 6 nitrogen and oxygen atoms in total. The Labute approximate surface area is 153 Å². The molecular weight excluding hydrogens is 359 g/mol. The van der Waals surface area contributed by atoms with Gasteiger partial charge in [0.25, 0.3) is 5.91 Å². The number of amides is 1. The summed E-state index contributed by atoms with van der Waals surface area (Å²) in [7, 11) is 1.15. The monoisotopic (exact) mass is 377 g/mol. The van der Waals surface area contributed by atoms with Crippen LogP contribution < -0.4 is 5.32 Å². The maximum Gasteiger partial charge on any atom is 0.433 e. The van der Waals surface area contributed by atoms with Gasteiger partial charge in [0.2, 0.25) is 0 Å². The molecule has 2 heterocycles. The van der Waals surface area contributed by atoms with Gasteiger partial charge in [-0.1, -0.05) is 30.3 Å². The summed E-state index contributed by atoms with van der Waals surface area (Å²) in [5, 5.41) is 10.7. The van der Waals surface area contributed by atoms with Gasteiger partial charge in [0, 0.05) is 13.1 Å². The number of alkyl halides is 3. The first-order valence-electron chi connectivity index (χ1n) is 8.17. The van der Waals surface area contributed by atoms with E-state index in [2.05, 4.69) is 15.5 Å². The van der Waals surface area contributed by atoms with Crippen molar-refractivity contribution in [1.29, 1.82) is 0 Å². The molecule has 0 unspecified atom stereocenters. The molecule has 3 rings (SSSR count). The number of carbonyl (C=O) groups excluding carboxylic acids is 1. The fraction of sp³-hybridized carbons (Fsp3) is 0.278. The zero-order chi connectivity index (χ0) is 19.8. The summed E-state index contributed by atoms with van der Waals surface area (Å²) in [4.78, 5) is 12.4. The van der Waals surface area contributed by atoms with Crippen LogP contribution in [-0.4, -0.2) is 25.5 Å². The number of benzene rings is 1. The van der Waals surface area contributed by atoms with Gasteiger partial charge in [0.1, 0.15) is 5.69 Å². The van der Waals surface area contributed by atoms with E-state index in [1.807, 2.05) is 30.3 Å². The Kier molecular flexibility index (Phi) is 4.77. The standard InChI is InChI=1S/C18H18F3N5O/c1-11-16(12(2)26(23-11)10-13-7-5-4-6-8-13)22-17(27)14-9-15(18(19,20)21)25(3)24-14/h4-9H,10H2,1-3H3,(H,22,27). The van der Waals surface area contributed by atoms with E-state index >= 15 is 0 Å². The van der Waals surface area contributed by atoms with Crippen LogP contribution in [0.2, 0.25) is 0 Å². The van der Waals surface area contributed by atoms with Crippen molar-refractivity contribution in [2.24, 2.45) is 7.05 Å². The number of halogens is 3. The van der Waals surface area contributed by atoms with Gasteiger partial charge in [-0.15, -0.1) is 0 Å². The lowest BCUT2D eigenvalue weighted by atomic mass is 10.2. The van der Waals surface area contributed by atoms with Gasteiger partial charge in [-0.3, -0.25) is 14.2 Å². The van der Waals surface area contributed by atoms with E-state index in [9.17, 15) is 18.0 Å². The largest absolute Gasteiger partial charge is 0.433 e. The zero-order valence-corrected chi connectivity index (χ0v) is 15.0. The van der Waals surface area contributed by atoms with Crippen molar-refractivity contribution in [3.8, 4) is 0 Å². The SMILES string of the molecule is Cc1nn(Cc2ccccc2)c(C)c1NC(=O)c1cc(C(F)(F)F)n(C)n1. The molecule has 0 aliphatic rings. The summed E-state index contributed by atoms with van der Waals surface area (Å²) >= 11 is 0. The highest BCUT2D eigenvalue weighted by Gasteiger charge is 2.35. The number of rotatable bonds is 4. The molecule has 0 bridgehead atoms. The maximum atomic E-state index is 12.9. The maximum absolute atomic E-state index is 12.9. The van der Waals surface area contributed by atoms with Crippen molar-refractivity contribution in [2.75, 3.05) is 5.32 Å². The average molecular weight is 377 g/mol. The Morgan fingerprint density at radius 2 is 1.81 bits per heavy atom. The highest BCUT2D eigenvalue weighted by atomic mass is 19.4. The first-order valence-corrected chi connectivity index (χ1v) is 8.17. The van der Waals surface area contributed by atoms with Crippen LogP contribution in [0, 0.1) is 13.8 Å². The molecule has 3 aromatic rings. The van der Waals surface area contributed by atoms with Crippen molar-refractivity contribution in [3.63, 3.8) is 0 Å². The quantitative estimate of drug-likeness (QED) is 0.756. The third kappa shape index (κ3) is 3.86. The Morgan fingerprint density at radius 1 is 1.15 bits per heavy atom. The lowest BCUT2D eigenvalue weighted by molar-refractivity contribution is -0.143. The number of aromatic nitrogens is 4. The van der Waals surface area contributed by atoms with Gasteiger partial charge >= 0.3 is 6.18 Å². The molecular formula is C18H18F3N5O. The Balaban J connectivity index is 1.83. The molecule has 0 saturated carbocycles. The minimum atomic E-state index is -4.58. The molecule has 9 heteroatoms. The van der Waals surface area contributed by atoms with Gasteiger partial charge in [-0.25, -0.2) is 0 Å². The Bertz CT molecular complexity index is 973. The molecule has 0 spiro atoms. The van der Waals surface area contributed by atoms with Crippen molar-refractivity contribution >= 4 is 11.6 Å². The van der Waals surface area contributed by atoms with Gasteiger partial charge in [-0.05, 0) is 19.4 Å². The summed E-state index contributed by atoms with van der Waals surface area (Å²) in [5.74, 6) is -0.716. The number of anilines is 1. The normalized spacial score (nSPS) is 11.6. The summed E-state index contributed by atoms with van der Waals surface area (Å²) in [6, 6.07) is 10.4. The lowest BCUT2D eigenvalue weighted by Crippen LogP contribution is -2.14. The minimum Gasteiger partial charge on any atom is -0.317 e. The smallest absolute Gasteiger partial charge is 0.317 e. The molecule has 142 valence electrons. The van der Waals surface area contributed by atoms with E-state index in [1.165, 1.54) is 0 Å². The molecule has 0 saturated heterocycles. The molecule has 0 radical (unpaired) electrons. The number of nitrogens with one attached hydrogen (secondary N) is 1. The molecule has 2 aromatic heterocycles. The van der Waals surface area contributed by atoms with Crippen LogP contribution in [0.25, 0.3) is 0 Å². The van der Waals surface area contributed by atoms with E-state index in [4.69, 9.17) is 0 Å². The van der Waals surface area contributed by atoms with Crippen LogP contribution in [0.15, 0.2) is 36.4 Å². The second-order valence-electron chi connectivity index (χ2n) is 6.18. The fourth-order valence-electron chi connectivity index (χ4n) is 2.81. The third-order valence-corrected chi connectivity index (χ3v) is 4.20. The molecule has 1 N–H and O–H groups in total. The van der Waals surface area contributed by atoms with Crippen molar-refractivity contribution < 1.29 is 18.0 Å². The molecule has 0 aliphatic carbocycles. The van der Waals surface area contributed by atoms with Crippen LogP contribution >= 0.6 is 0 Å². The predicted molar refractivity (Wildman–Crippen MR) is 93.4 cm³/mol. The van der Waals surface area contributed by atoms with Crippen LogP contribution in [0.5, 0.6) is 0 Å². The van der Waals surface area contributed by atoms with Crippen molar-refractivity contribution in [1.82, 2.24) is 19.6 Å². The number of aryl methyl sites for hydroxylation is 2. The fourth-order valence-corrected chi connectivity index (χ4v) is 2.81. The van der Waals surface area contributed by atoms with Crippen molar-refractivity contribution in [2.45, 2.75) is 26.6 Å². The number of hydrogen-bond donors (Lipinski definition) is 1. The summed E-state index contributed by atoms with van der Waals surface area (Å²) in [6.07, 6.45) is -4.58. The molecule has 0 aliphatic heterocycles. The third-order valence-electron chi connectivity index (χ3n) is 4.20. The first kappa shape index (κ1) is 18.7. The van der Waals surface area contributed by atoms with Gasteiger partial charge in [-0.2, -0.15) is 23.4 Å². The number of carbonyl (C=O) groups is 1. The molecule has 0 fully saturated rings. The van der Waals surface area contributed by atoms with E-state index in [-0.39, 0.29) is 5.69 Å². The van der Waals surface area contributed by atoms with Gasteiger partial charge in [0.05, 0.1) is 23.6 Å². The molecule has 1 aromatic carbocycles. The summed E-state index contributed by atoms with van der Waals surface area (Å²) < 4.78 is 41.0. The first-order chi connectivity index (χ1) is 12.7. The van der Waals surface area contributed by atoms with Crippen LogP contribution in [0.4, 0.5) is 18.9 Å². The lowest BCUT2D eigenvalue weighted by Gasteiger charge is -2.06. The Hall–Kier alpha value is -3.10. The van der Waals surface area contributed by atoms with Gasteiger partial charge < -0.3 is 5.32 Å². The molecule has 27 heavy (non-hydrogen) atoms. The van der Waals surface area contributed by atoms with E-state index in [1.54, 1.807) is 18.5 Å². The van der Waals surface area contributed by atoms with E-state index in [0.29, 0.717) is 28.3 Å². The van der Waals surface area contributed by atoms with Crippen molar-refractivity contribution in [3.05, 3.63) is 64.7 Å². The Morgan fingerprint density at radius 3 is 2.41 bits per heavy atom. The van der Waals surface area contributed by atoms with E-state index in [0.717, 1.165) is 18.7 Å².